The van der Waals surface area contributed by atoms with Crippen LogP contribution in [-0.4, -0.2) is 53.5 Å². The number of carbonyl (C=O) groups excluding carboxylic acids is 2. The van der Waals surface area contributed by atoms with Gasteiger partial charge in [0.25, 0.3) is 0 Å². The minimum atomic E-state index is -0.241. The fourth-order valence-electron chi connectivity index (χ4n) is 3.43. The third-order valence-corrected chi connectivity index (χ3v) is 5.15. The van der Waals surface area contributed by atoms with Crippen LogP contribution in [-0.2, 0) is 11.2 Å². The highest BCUT2D eigenvalue weighted by molar-refractivity contribution is 5.78. The van der Waals surface area contributed by atoms with Crippen LogP contribution in [0.15, 0.2) is 24.3 Å². The molecule has 0 bridgehead atoms. The predicted molar refractivity (Wildman–Crippen MR) is 98.3 cm³/mol. The molecule has 1 saturated carbocycles. The van der Waals surface area contributed by atoms with Gasteiger partial charge in [0.1, 0.15) is 5.82 Å². The molecule has 5 nitrogen and oxygen atoms in total. The first-order valence-electron chi connectivity index (χ1n) is 9.62. The first kappa shape index (κ1) is 18.7. The van der Waals surface area contributed by atoms with E-state index in [0.29, 0.717) is 32.0 Å². The summed E-state index contributed by atoms with van der Waals surface area (Å²) in [5.41, 5.74) is 0.907. The summed E-state index contributed by atoms with van der Waals surface area (Å²) in [5, 5.41) is 3.06. The first-order chi connectivity index (χ1) is 12.5. The van der Waals surface area contributed by atoms with E-state index in [-0.39, 0.29) is 23.8 Å². The molecule has 1 aromatic carbocycles. The van der Waals surface area contributed by atoms with Crippen LogP contribution < -0.4 is 5.32 Å². The van der Waals surface area contributed by atoms with E-state index in [1.807, 2.05) is 22.8 Å². The van der Waals surface area contributed by atoms with E-state index < -0.39 is 0 Å². The summed E-state index contributed by atoms with van der Waals surface area (Å²) in [6, 6.07) is 6.82. The molecule has 1 atom stereocenters. The van der Waals surface area contributed by atoms with Crippen molar-refractivity contribution in [3.63, 3.8) is 0 Å². The Hall–Kier alpha value is -2.11. The Morgan fingerprint density at radius 2 is 2.23 bits per heavy atom. The fraction of sp³-hybridized carbons (Fsp3) is 0.600. The quantitative estimate of drug-likeness (QED) is 0.774. The summed E-state index contributed by atoms with van der Waals surface area (Å²) >= 11 is 0. The standard InChI is InChI=1S/C20H28FN3O2/c1-15(9-12-23-11-3-6-19(23)25)22-20(26)24(18-7-8-18)13-10-16-4-2-5-17(21)14-16/h2,4-5,14-15,18H,3,6-13H2,1H3,(H,22,26). The Kier molecular flexibility index (Phi) is 6.12. The van der Waals surface area contributed by atoms with E-state index in [0.717, 1.165) is 37.8 Å². The van der Waals surface area contributed by atoms with E-state index in [1.165, 1.54) is 12.1 Å². The number of urea groups is 1. The van der Waals surface area contributed by atoms with Crippen molar-refractivity contribution in [3.8, 4) is 0 Å². The highest BCUT2D eigenvalue weighted by Gasteiger charge is 2.32. The van der Waals surface area contributed by atoms with Crippen molar-refractivity contribution >= 4 is 11.9 Å². The largest absolute Gasteiger partial charge is 0.343 e. The normalized spacial score (nSPS) is 18.1. The number of halogens is 1. The maximum atomic E-state index is 13.3. The Morgan fingerprint density at radius 1 is 1.42 bits per heavy atom. The summed E-state index contributed by atoms with van der Waals surface area (Å²) < 4.78 is 13.3. The number of hydrogen-bond acceptors (Lipinski definition) is 2. The van der Waals surface area contributed by atoms with Crippen LogP contribution in [0.25, 0.3) is 0 Å². The van der Waals surface area contributed by atoms with Gasteiger partial charge in [-0.05, 0) is 56.7 Å². The predicted octanol–water partition coefficient (Wildman–Crippen LogP) is 2.94. The minimum absolute atomic E-state index is 0.0197. The molecule has 1 aliphatic carbocycles. The third kappa shape index (κ3) is 5.19. The molecule has 1 aromatic rings. The molecule has 6 heteroatoms. The van der Waals surface area contributed by atoms with Crippen LogP contribution >= 0.6 is 0 Å². The lowest BCUT2D eigenvalue weighted by Crippen LogP contribution is -2.46. The Labute approximate surface area is 154 Å². The van der Waals surface area contributed by atoms with Gasteiger partial charge in [0, 0.05) is 38.1 Å². The van der Waals surface area contributed by atoms with Gasteiger partial charge in [-0.25, -0.2) is 9.18 Å². The van der Waals surface area contributed by atoms with Gasteiger partial charge in [0.05, 0.1) is 0 Å². The number of likely N-dealkylation sites (tertiary alicyclic amines) is 1. The highest BCUT2D eigenvalue weighted by Crippen LogP contribution is 2.27. The summed E-state index contributed by atoms with van der Waals surface area (Å²) in [5.74, 6) is -0.0202. The van der Waals surface area contributed by atoms with Crippen molar-refractivity contribution < 1.29 is 14.0 Å². The van der Waals surface area contributed by atoms with E-state index in [4.69, 9.17) is 0 Å². The molecule has 1 heterocycles. The number of carbonyl (C=O) groups is 2. The van der Waals surface area contributed by atoms with Crippen LogP contribution in [0.3, 0.4) is 0 Å². The molecule has 3 amide bonds. The summed E-state index contributed by atoms with van der Waals surface area (Å²) in [6.45, 7) is 4.11. The van der Waals surface area contributed by atoms with Gasteiger partial charge in [-0.3, -0.25) is 4.79 Å². The van der Waals surface area contributed by atoms with Gasteiger partial charge < -0.3 is 15.1 Å². The first-order valence-corrected chi connectivity index (χ1v) is 9.62. The van der Waals surface area contributed by atoms with Gasteiger partial charge in [0.2, 0.25) is 5.91 Å². The van der Waals surface area contributed by atoms with Crippen molar-refractivity contribution in [3.05, 3.63) is 35.6 Å². The molecule has 2 aliphatic rings. The smallest absolute Gasteiger partial charge is 0.317 e. The number of nitrogens with one attached hydrogen (secondary N) is 1. The maximum Gasteiger partial charge on any atom is 0.317 e. The molecule has 3 rings (SSSR count). The summed E-state index contributed by atoms with van der Waals surface area (Å²) in [6.07, 6.45) is 5.07. The molecule has 1 N–H and O–H groups in total. The van der Waals surface area contributed by atoms with Crippen LogP contribution in [0.1, 0.15) is 44.6 Å². The van der Waals surface area contributed by atoms with E-state index in [1.54, 1.807) is 6.07 Å². The van der Waals surface area contributed by atoms with E-state index in [9.17, 15) is 14.0 Å². The monoisotopic (exact) mass is 361 g/mol. The topological polar surface area (TPSA) is 52.7 Å². The number of nitrogens with zero attached hydrogens (tertiary/aromatic N) is 2. The van der Waals surface area contributed by atoms with Gasteiger partial charge >= 0.3 is 6.03 Å². The van der Waals surface area contributed by atoms with E-state index >= 15 is 0 Å². The second-order valence-corrected chi connectivity index (χ2v) is 7.43. The number of amides is 3. The third-order valence-electron chi connectivity index (χ3n) is 5.15. The van der Waals surface area contributed by atoms with Crippen LogP contribution in [0.4, 0.5) is 9.18 Å². The molecule has 2 fully saturated rings. The van der Waals surface area contributed by atoms with Crippen molar-refractivity contribution in [1.82, 2.24) is 15.1 Å². The van der Waals surface area contributed by atoms with Gasteiger partial charge in [-0.2, -0.15) is 0 Å². The Bertz CT molecular complexity index is 648. The molecule has 1 aliphatic heterocycles. The second-order valence-electron chi connectivity index (χ2n) is 7.43. The molecular formula is C20H28FN3O2. The molecule has 0 aromatic heterocycles. The van der Waals surface area contributed by atoms with Crippen molar-refractivity contribution in [2.24, 2.45) is 0 Å². The van der Waals surface area contributed by atoms with Crippen molar-refractivity contribution in [1.29, 1.82) is 0 Å². The number of rotatable bonds is 8. The fourth-order valence-corrected chi connectivity index (χ4v) is 3.43. The van der Waals surface area contributed by atoms with Crippen molar-refractivity contribution in [2.75, 3.05) is 19.6 Å². The summed E-state index contributed by atoms with van der Waals surface area (Å²) in [4.78, 5) is 28.1. The molecule has 26 heavy (non-hydrogen) atoms. The molecule has 142 valence electrons. The molecule has 1 saturated heterocycles. The summed E-state index contributed by atoms with van der Waals surface area (Å²) in [7, 11) is 0. The zero-order valence-electron chi connectivity index (χ0n) is 15.4. The van der Waals surface area contributed by atoms with Gasteiger partial charge in [0.15, 0.2) is 0 Å². The molecule has 0 radical (unpaired) electrons. The maximum absolute atomic E-state index is 13.3. The highest BCUT2D eigenvalue weighted by atomic mass is 19.1. The van der Waals surface area contributed by atoms with Crippen LogP contribution in [0.5, 0.6) is 0 Å². The second kappa shape index (κ2) is 8.52. The minimum Gasteiger partial charge on any atom is -0.343 e. The zero-order chi connectivity index (χ0) is 18.5. The van der Waals surface area contributed by atoms with E-state index in [2.05, 4.69) is 5.32 Å². The average molecular weight is 361 g/mol. The van der Waals surface area contributed by atoms with Gasteiger partial charge in [-0.1, -0.05) is 12.1 Å². The lowest BCUT2D eigenvalue weighted by atomic mass is 10.1. The lowest BCUT2D eigenvalue weighted by molar-refractivity contribution is -0.127. The number of hydrogen-bond donors (Lipinski definition) is 1. The molecular weight excluding hydrogens is 333 g/mol. The Morgan fingerprint density at radius 3 is 2.88 bits per heavy atom. The molecule has 1 unspecified atom stereocenters. The zero-order valence-corrected chi connectivity index (χ0v) is 15.4. The van der Waals surface area contributed by atoms with Gasteiger partial charge in [-0.15, -0.1) is 0 Å². The van der Waals surface area contributed by atoms with Crippen LogP contribution in [0.2, 0.25) is 0 Å². The molecule has 0 spiro atoms. The Balaban J connectivity index is 1.46. The lowest BCUT2D eigenvalue weighted by Gasteiger charge is -2.26. The van der Waals surface area contributed by atoms with Crippen LogP contribution in [0, 0.1) is 5.82 Å². The average Bonchev–Trinajstić information content (AvgIpc) is 3.35. The SMILES string of the molecule is CC(CCN1CCCC1=O)NC(=O)N(CCc1cccc(F)c1)C1CC1. The van der Waals surface area contributed by atoms with Crippen molar-refractivity contribution in [2.45, 2.75) is 57.5 Å². The number of benzene rings is 1.